The summed E-state index contributed by atoms with van der Waals surface area (Å²) < 4.78 is 0. The second kappa shape index (κ2) is 6.62. The highest BCUT2D eigenvalue weighted by atomic mass is 35.5. The number of hydrogen-bond acceptors (Lipinski definition) is 3. The molecule has 0 amide bonds. The minimum Gasteiger partial charge on any atom is -0.367 e. The van der Waals surface area contributed by atoms with Crippen molar-refractivity contribution in [1.82, 2.24) is 0 Å². The van der Waals surface area contributed by atoms with Gasteiger partial charge in [0.25, 0.3) is 0 Å². The number of benzene rings is 2. The second-order valence-corrected chi connectivity index (χ2v) is 6.22. The van der Waals surface area contributed by atoms with E-state index in [2.05, 4.69) is 0 Å². The monoisotopic (exact) mass is 339 g/mol. The molecule has 24 heavy (non-hydrogen) atoms. The molecule has 0 N–H and O–H groups in total. The van der Waals surface area contributed by atoms with Gasteiger partial charge in [0.05, 0.1) is 5.03 Å². The Balaban J connectivity index is 1.96. The standard InChI is InChI=1S/C20H18ClNO2/c1-3-22(14-10-8-13(2)9-11-14)12-17-18(21)20(24)16-7-5-4-6-15(16)19(17)23/h4-11H,3,12H2,1-2H3. The van der Waals surface area contributed by atoms with Gasteiger partial charge in [0.2, 0.25) is 5.78 Å². The molecule has 2 aromatic rings. The van der Waals surface area contributed by atoms with Gasteiger partial charge in [-0.25, -0.2) is 0 Å². The number of allylic oxidation sites excluding steroid dienone is 1. The van der Waals surface area contributed by atoms with Crippen LogP contribution in [0.5, 0.6) is 0 Å². The molecule has 122 valence electrons. The molecule has 1 aliphatic rings. The maximum Gasteiger partial charge on any atom is 0.205 e. The van der Waals surface area contributed by atoms with E-state index in [1.54, 1.807) is 24.3 Å². The van der Waals surface area contributed by atoms with Crippen molar-refractivity contribution in [2.24, 2.45) is 0 Å². The molecule has 0 unspecified atom stereocenters. The third-order valence-electron chi connectivity index (χ3n) is 4.28. The van der Waals surface area contributed by atoms with Crippen molar-refractivity contribution in [2.75, 3.05) is 18.0 Å². The number of halogens is 1. The van der Waals surface area contributed by atoms with E-state index in [1.165, 1.54) is 5.56 Å². The maximum absolute atomic E-state index is 12.8. The zero-order valence-electron chi connectivity index (χ0n) is 13.7. The number of hydrogen-bond donors (Lipinski definition) is 0. The molecular formula is C20H18ClNO2. The van der Waals surface area contributed by atoms with E-state index in [0.717, 1.165) is 5.69 Å². The molecule has 0 aromatic heterocycles. The molecule has 0 atom stereocenters. The first-order chi connectivity index (χ1) is 11.5. The molecule has 0 fully saturated rings. The predicted molar refractivity (Wildman–Crippen MR) is 97.0 cm³/mol. The lowest BCUT2D eigenvalue weighted by Crippen LogP contribution is -2.31. The lowest BCUT2D eigenvalue weighted by molar-refractivity contribution is 0.0979. The smallest absolute Gasteiger partial charge is 0.205 e. The minimum absolute atomic E-state index is 0.0317. The molecule has 0 spiro atoms. The summed E-state index contributed by atoms with van der Waals surface area (Å²) in [7, 11) is 0. The van der Waals surface area contributed by atoms with Crippen LogP contribution >= 0.6 is 11.6 Å². The highest BCUT2D eigenvalue weighted by Crippen LogP contribution is 2.30. The fourth-order valence-corrected chi connectivity index (χ4v) is 3.12. The van der Waals surface area contributed by atoms with Crippen LogP contribution in [-0.2, 0) is 0 Å². The summed E-state index contributed by atoms with van der Waals surface area (Å²) in [6.07, 6.45) is 0. The second-order valence-electron chi connectivity index (χ2n) is 5.85. The molecule has 0 radical (unpaired) electrons. The lowest BCUT2D eigenvalue weighted by Gasteiger charge is -2.26. The van der Waals surface area contributed by atoms with E-state index >= 15 is 0 Å². The van der Waals surface area contributed by atoms with Gasteiger partial charge in [-0.2, -0.15) is 0 Å². The number of carbonyl (C=O) groups is 2. The van der Waals surface area contributed by atoms with E-state index in [1.807, 2.05) is 43.0 Å². The molecule has 0 heterocycles. The number of anilines is 1. The Morgan fingerprint density at radius 3 is 2.08 bits per heavy atom. The Kier molecular flexibility index (Phi) is 4.54. The number of nitrogens with zero attached hydrogens (tertiary/aromatic N) is 1. The van der Waals surface area contributed by atoms with Gasteiger partial charge in [0.1, 0.15) is 0 Å². The van der Waals surface area contributed by atoms with Crippen LogP contribution in [0.25, 0.3) is 0 Å². The fraction of sp³-hybridized carbons (Fsp3) is 0.200. The number of likely N-dealkylation sites (N-methyl/N-ethyl adjacent to an activating group) is 1. The van der Waals surface area contributed by atoms with Gasteiger partial charge in [-0.1, -0.05) is 53.6 Å². The number of rotatable bonds is 4. The summed E-state index contributed by atoms with van der Waals surface area (Å²) in [6, 6.07) is 14.9. The van der Waals surface area contributed by atoms with Gasteiger partial charge in [-0.3, -0.25) is 9.59 Å². The Labute approximate surface area is 146 Å². The van der Waals surface area contributed by atoms with Crippen LogP contribution in [-0.4, -0.2) is 24.7 Å². The average molecular weight is 340 g/mol. The van der Waals surface area contributed by atoms with Crippen molar-refractivity contribution < 1.29 is 9.59 Å². The number of carbonyl (C=O) groups excluding carboxylic acids is 2. The number of fused-ring (bicyclic) bond motifs is 1. The van der Waals surface area contributed by atoms with Crippen LogP contribution in [0.15, 0.2) is 59.1 Å². The predicted octanol–water partition coefficient (Wildman–Crippen LogP) is 4.39. The largest absolute Gasteiger partial charge is 0.367 e. The lowest BCUT2D eigenvalue weighted by atomic mass is 9.89. The number of ketones is 2. The quantitative estimate of drug-likeness (QED) is 0.828. The zero-order valence-corrected chi connectivity index (χ0v) is 14.4. The van der Waals surface area contributed by atoms with E-state index in [9.17, 15) is 9.59 Å². The van der Waals surface area contributed by atoms with Crippen LogP contribution in [0.4, 0.5) is 5.69 Å². The van der Waals surface area contributed by atoms with Gasteiger partial charge >= 0.3 is 0 Å². The van der Waals surface area contributed by atoms with E-state index in [-0.39, 0.29) is 16.6 Å². The van der Waals surface area contributed by atoms with E-state index in [4.69, 9.17) is 11.6 Å². The third-order valence-corrected chi connectivity index (χ3v) is 4.68. The van der Waals surface area contributed by atoms with Gasteiger partial charge in [0.15, 0.2) is 5.78 Å². The molecule has 3 rings (SSSR count). The Morgan fingerprint density at radius 2 is 1.50 bits per heavy atom. The summed E-state index contributed by atoms with van der Waals surface area (Å²) in [5, 5.41) is 0.0317. The van der Waals surface area contributed by atoms with Gasteiger partial charge in [-0.05, 0) is 26.0 Å². The number of aryl methyl sites for hydroxylation is 1. The third kappa shape index (κ3) is 2.87. The molecule has 3 nitrogen and oxygen atoms in total. The first-order valence-electron chi connectivity index (χ1n) is 7.91. The summed E-state index contributed by atoms with van der Waals surface area (Å²) >= 11 is 6.25. The highest BCUT2D eigenvalue weighted by molar-refractivity contribution is 6.50. The number of Topliss-reactive ketones (excluding diaryl/α,β-unsaturated/α-hetero) is 2. The Hall–Kier alpha value is -2.39. The van der Waals surface area contributed by atoms with Crippen molar-refractivity contribution in [3.8, 4) is 0 Å². The molecule has 0 bridgehead atoms. The minimum atomic E-state index is -0.276. The average Bonchev–Trinajstić information content (AvgIpc) is 2.61. The van der Waals surface area contributed by atoms with Crippen LogP contribution < -0.4 is 4.90 Å². The van der Waals surface area contributed by atoms with Crippen LogP contribution in [0.1, 0.15) is 33.2 Å². The molecule has 0 aliphatic heterocycles. The topological polar surface area (TPSA) is 37.4 Å². The van der Waals surface area contributed by atoms with Crippen LogP contribution in [0.3, 0.4) is 0 Å². The van der Waals surface area contributed by atoms with Gasteiger partial charge < -0.3 is 4.90 Å². The molecular weight excluding hydrogens is 322 g/mol. The Morgan fingerprint density at radius 1 is 0.917 bits per heavy atom. The molecule has 0 saturated heterocycles. The van der Waals surface area contributed by atoms with E-state index in [0.29, 0.717) is 29.8 Å². The first-order valence-corrected chi connectivity index (χ1v) is 8.29. The fourth-order valence-electron chi connectivity index (χ4n) is 2.87. The first kappa shape index (κ1) is 16.5. The van der Waals surface area contributed by atoms with Crippen molar-refractivity contribution in [3.63, 3.8) is 0 Å². The SMILES string of the molecule is CCN(CC1=C(Cl)C(=O)c2ccccc2C1=O)c1ccc(C)cc1. The molecule has 4 heteroatoms. The van der Waals surface area contributed by atoms with Crippen molar-refractivity contribution in [1.29, 1.82) is 0 Å². The van der Waals surface area contributed by atoms with E-state index < -0.39 is 0 Å². The normalized spacial score (nSPS) is 14.0. The summed E-state index contributed by atoms with van der Waals surface area (Å²) in [4.78, 5) is 27.3. The van der Waals surface area contributed by atoms with Crippen molar-refractivity contribution in [3.05, 3.63) is 75.8 Å². The van der Waals surface area contributed by atoms with Gasteiger partial charge in [0, 0.05) is 35.5 Å². The summed E-state index contributed by atoms with van der Waals surface area (Å²) in [6.45, 7) is 5.06. The van der Waals surface area contributed by atoms with Crippen molar-refractivity contribution in [2.45, 2.75) is 13.8 Å². The maximum atomic E-state index is 12.8. The summed E-state index contributed by atoms with van der Waals surface area (Å²) in [5.41, 5.74) is 3.35. The van der Waals surface area contributed by atoms with Crippen molar-refractivity contribution >= 4 is 28.9 Å². The van der Waals surface area contributed by atoms with Crippen LogP contribution in [0.2, 0.25) is 0 Å². The molecule has 1 aliphatic carbocycles. The summed E-state index contributed by atoms with van der Waals surface area (Å²) in [5.74, 6) is -0.442. The molecule has 2 aromatic carbocycles. The Bertz CT molecular complexity index is 837. The van der Waals surface area contributed by atoms with Gasteiger partial charge in [-0.15, -0.1) is 0 Å². The van der Waals surface area contributed by atoms with Crippen LogP contribution in [0, 0.1) is 6.92 Å². The zero-order chi connectivity index (χ0) is 17.3. The molecule has 0 saturated carbocycles. The highest BCUT2D eigenvalue weighted by Gasteiger charge is 2.31.